The van der Waals surface area contributed by atoms with Crippen molar-refractivity contribution in [2.75, 3.05) is 11.9 Å². The van der Waals surface area contributed by atoms with Crippen molar-refractivity contribution in [1.82, 2.24) is 10.3 Å². The number of alkyl carbamates (subject to hydrolysis) is 1. The zero-order valence-corrected chi connectivity index (χ0v) is 11.4. The molecular formula is C13H21N3O2. The van der Waals surface area contributed by atoms with Crippen molar-refractivity contribution in [3.05, 3.63) is 24.5 Å². The molecule has 18 heavy (non-hydrogen) atoms. The fraction of sp³-hybridized carbons (Fsp3) is 0.538. The van der Waals surface area contributed by atoms with Crippen molar-refractivity contribution in [2.24, 2.45) is 0 Å². The largest absolute Gasteiger partial charge is 0.444 e. The molecular weight excluding hydrogens is 230 g/mol. The van der Waals surface area contributed by atoms with Gasteiger partial charge in [-0.05, 0) is 39.8 Å². The van der Waals surface area contributed by atoms with Gasteiger partial charge in [0, 0.05) is 25.0 Å². The number of ether oxygens (including phenoxy) is 1. The second-order valence-corrected chi connectivity index (χ2v) is 5.17. The maximum atomic E-state index is 11.4. The molecule has 0 saturated carbocycles. The van der Waals surface area contributed by atoms with Gasteiger partial charge in [0.25, 0.3) is 0 Å². The van der Waals surface area contributed by atoms with E-state index in [0.29, 0.717) is 6.54 Å². The second kappa shape index (κ2) is 6.23. The molecule has 1 heterocycles. The van der Waals surface area contributed by atoms with Crippen LogP contribution >= 0.6 is 0 Å². The number of carbonyl (C=O) groups is 1. The molecule has 1 rings (SSSR count). The highest BCUT2D eigenvalue weighted by Gasteiger charge is 2.16. The highest BCUT2D eigenvalue weighted by molar-refractivity contribution is 5.67. The van der Waals surface area contributed by atoms with E-state index in [0.717, 1.165) is 5.69 Å². The second-order valence-electron chi connectivity index (χ2n) is 5.17. The summed E-state index contributed by atoms with van der Waals surface area (Å²) in [5.41, 5.74) is 0.459. The van der Waals surface area contributed by atoms with Crippen molar-refractivity contribution < 1.29 is 9.53 Å². The summed E-state index contributed by atoms with van der Waals surface area (Å²) in [5.74, 6) is 0. The van der Waals surface area contributed by atoms with Crippen LogP contribution in [0.3, 0.4) is 0 Å². The molecule has 1 atom stereocenters. The molecule has 1 amide bonds. The van der Waals surface area contributed by atoms with Gasteiger partial charge in [0.1, 0.15) is 5.60 Å². The van der Waals surface area contributed by atoms with Crippen molar-refractivity contribution in [3.63, 3.8) is 0 Å². The minimum Gasteiger partial charge on any atom is -0.444 e. The molecule has 5 heteroatoms. The van der Waals surface area contributed by atoms with Crippen LogP contribution in [0.2, 0.25) is 0 Å². The Morgan fingerprint density at radius 3 is 2.78 bits per heavy atom. The summed E-state index contributed by atoms with van der Waals surface area (Å²) in [6, 6.07) is 3.88. The van der Waals surface area contributed by atoms with Crippen LogP contribution in [-0.4, -0.2) is 29.3 Å². The number of rotatable bonds is 4. The Morgan fingerprint density at radius 2 is 2.22 bits per heavy atom. The van der Waals surface area contributed by atoms with Gasteiger partial charge in [0.2, 0.25) is 0 Å². The van der Waals surface area contributed by atoms with Gasteiger partial charge >= 0.3 is 6.09 Å². The zero-order valence-electron chi connectivity index (χ0n) is 11.4. The first-order chi connectivity index (χ1) is 8.37. The summed E-state index contributed by atoms with van der Waals surface area (Å²) in [6.07, 6.45) is 3.06. The lowest BCUT2D eigenvalue weighted by atomic mass is 10.2. The van der Waals surface area contributed by atoms with Crippen molar-refractivity contribution in [1.29, 1.82) is 0 Å². The van der Waals surface area contributed by atoms with E-state index in [4.69, 9.17) is 4.74 Å². The van der Waals surface area contributed by atoms with Crippen molar-refractivity contribution >= 4 is 11.8 Å². The van der Waals surface area contributed by atoms with E-state index in [-0.39, 0.29) is 6.04 Å². The molecule has 0 aliphatic heterocycles. The van der Waals surface area contributed by atoms with Gasteiger partial charge in [-0.3, -0.25) is 4.98 Å². The van der Waals surface area contributed by atoms with Gasteiger partial charge in [-0.1, -0.05) is 0 Å². The summed E-state index contributed by atoms with van der Waals surface area (Å²) in [7, 11) is 0. The summed E-state index contributed by atoms with van der Waals surface area (Å²) >= 11 is 0. The average Bonchev–Trinajstić information content (AvgIpc) is 2.25. The molecule has 1 unspecified atom stereocenters. The number of amides is 1. The van der Waals surface area contributed by atoms with Crippen LogP contribution in [0.15, 0.2) is 24.5 Å². The maximum absolute atomic E-state index is 11.4. The molecule has 100 valence electrons. The Morgan fingerprint density at radius 1 is 1.50 bits per heavy atom. The number of hydrogen-bond acceptors (Lipinski definition) is 4. The number of pyridine rings is 1. The average molecular weight is 251 g/mol. The van der Waals surface area contributed by atoms with Crippen LogP contribution in [0.25, 0.3) is 0 Å². The van der Waals surface area contributed by atoms with Crippen molar-refractivity contribution in [3.8, 4) is 0 Å². The number of nitrogens with zero attached hydrogens (tertiary/aromatic N) is 1. The first-order valence-electron chi connectivity index (χ1n) is 6.00. The quantitative estimate of drug-likeness (QED) is 0.862. The van der Waals surface area contributed by atoms with Gasteiger partial charge in [-0.25, -0.2) is 4.79 Å². The smallest absolute Gasteiger partial charge is 0.407 e. The minimum absolute atomic E-state index is 0.0988. The number of nitrogens with one attached hydrogen (secondary N) is 2. The highest BCUT2D eigenvalue weighted by atomic mass is 16.6. The topological polar surface area (TPSA) is 63.2 Å². The number of anilines is 1. The standard InChI is InChI=1S/C13H21N3O2/c1-10(16-11-6-5-7-14-9-11)8-15-12(17)18-13(2,3)4/h5-7,9-10,16H,8H2,1-4H3,(H,15,17). The number of carbonyl (C=O) groups excluding carboxylic acids is 1. The SMILES string of the molecule is CC(CNC(=O)OC(C)(C)C)Nc1cccnc1. The molecule has 0 spiro atoms. The Hall–Kier alpha value is -1.78. The van der Waals surface area contributed by atoms with Gasteiger partial charge in [-0.2, -0.15) is 0 Å². The van der Waals surface area contributed by atoms with E-state index >= 15 is 0 Å². The lowest BCUT2D eigenvalue weighted by Gasteiger charge is -2.21. The van der Waals surface area contributed by atoms with E-state index < -0.39 is 11.7 Å². The Labute approximate surface area is 108 Å². The first-order valence-corrected chi connectivity index (χ1v) is 6.00. The molecule has 0 radical (unpaired) electrons. The normalized spacial score (nSPS) is 12.7. The molecule has 5 nitrogen and oxygen atoms in total. The van der Waals surface area contributed by atoms with Crippen LogP contribution in [0, 0.1) is 0 Å². The lowest BCUT2D eigenvalue weighted by molar-refractivity contribution is 0.0526. The molecule has 1 aromatic rings. The Balaban J connectivity index is 2.29. The van der Waals surface area contributed by atoms with Gasteiger partial charge in [0.15, 0.2) is 0 Å². The fourth-order valence-electron chi connectivity index (χ4n) is 1.33. The minimum atomic E-state index is -0.468. The third-order valence-corrected chi connectivity index (χ3v) is 2.03. The van der Waals surface area contributed by atoms with E-state index in [2.05, 4.69) is 15.6 Å². The predicted molar refractivity (Wildman–Crippen MR) is 71.6 cm³/mol. The van der Waals surface area contributed by atoms with Crippen molar-refractivity contribution in [2.45, 2.75) is 39.3 Å². The van der Waals surface area contributed by atoms with E-state index in [9.17, 15) is 4.79 Å². The molecule has 0 bridgehead atoms. The molecule has 0 fully saturated rings. The third-order valence-electron chi connectivity index (χ3n) is 2.03. The molecule has 2 N–H and O–H groups in total. The van der Waals surface area contributed by atoms with Crippen LogP contribution < -0.4 is 10.6 Å². The Kier molecular flexibility index (Phi) is 4.95. The fourth-order valence-corrected chi connectivity index (χ4v) is 1.33. The monoisotopic (exact) mass is 251 g/mol. The van der Waals surface area contributed by atoms with E-state index in [1.807, 2.05) is 39.8 Å². The van der Waals surface area contributed by atoms with Gasteiger partial charge < -0.3 is 15.4 Å². The predicted octanol–water partition coefficient (Wildman–Crippen LogP) is 2.41. The number of aromatic nitrogens is 1. The molecule has 0 saturated heterocycles. The summed E-state index contributed by atoms with van der Waals surface area (Å²) in [6.45, 7) is 7.98. The number of hydrogen-bond donors (Lipinski definition) is 2. The Bertz CT molecular complexity index is 374. The van der Waals surface area contributed by atoms with Crippen LogP contribution in [0.5, 0.6) is 0 Å². The maximum Gasteiger partial charge on any atom is 0.407 e. The van der Waals surface area contributed by atoms with E-state index in [1.54, 1.807) is 12.4 Å². The van der Waals surface area contributed by atoms with Crippen LogP contribution in [0.4, 0.5) is 10.5 Å². The summed E-state index contributed by atoms with van der Waals surface area (Å²) in [4.78, 5) is 15.4. The first kappa shape index (κ1) is 14.3. The molecule has 0 aliphatic rings. The van der Waals surface area contributed by atoms with Gasteiger partial charge in [0.05, 0.1) is 5.69 Å². The van der Waals surface area contributed by atoms with E-state index in [1.165, 1.54) is 0 Å². The molecule has 0 aliphatic carbocycles. The van der Waals surface area contributed by atoms with Gasteiger partial charge in [-0.15, -0.1) is 0 Å². The highest BCUT2D eigenvalue weighted by Crippen LogP contribution is 2.07. The summed E-state index contributed by atoms with van der Waals surface area (Å²) < 4.78 is 5.15. The summed E-state index contributed by atoms with van der Waals surface area (Å²) in [5, 5.41) is 5.94. The zero-order chi connectivity index (χ0) is 13.6. The lowest BCUT2D eigenvalue weighted by Crippen LogP contribution is -2.38. The van der Waals surface area contributed by atoms with Crippen LogP contribution in [-0.2, 0) is 4.74 Å². The third kappa shape index (κ3) is 6.08. The molecule has 1 aromatic heterocycles. The molecule has 0 aromatic carbocycles. The van der Waals surface area contributed by atoms with Crippen LogP contribution in [0.1, 0.15) is 27.7 Å².